The number of hydrogen-bond acceptors (Lipinski definition) is 3. The predicted molar refractivity (Wildman–Crippen MR) is 99.2 cm³/mol. The average molecular weight is 335 g/mol. The van der Waals surface area contributed by atoms with Crippen LogP contribution in [0.15, 0.2) is 23.1 Å². The first-order valence-corrected chi connectivity index (χ1v) is 9.83. The first-order valence-electron chi connectivity index (χ1n) is 8.84. The summed E-state index contributed by atoms with van der Waals surface area (Å²) in [5.41, 5.74) is 2.49. The summed E-state index contributed by atoms with van der Waals surface area (Å²) < 4.78 is 0. The Labute approximate surface area is 145 Å². The number of hydrogen-bond donors (Lipinski definition) is 1. The summed E-state index contributed by atoms with van der Waals surface area (Å²) in [7, 11) is 0. The van der Waals surface area contributed by atoms with Crippen LogP contribution in [0.2, 0.25) is 0 Å². The fraction of sp³-hybridized carbons (Fsp3) is 0.632. The van der Waals surface area contributed by atoms with Crippen molar-refractivity contribution in [2.45, 2.75) is 50.8 Å². The third kappa shape index (κ3) is 6.96. The minimum Gasteiger partial charge on any atom is -0.355 e. The second-order valence-electron chi connectivity index (χ2n) is 6.52. The highest BCUT2D eigenvalue weighted by Crippen LogP contribution is 2.23. The Hall–Kier alpha value is -1.00. The third-order valence-corrected chi connectivity index (χ3v) is 5.53. The molecule has 1 aliphatic heterocycles. The molecule has 1 fully saturated rings. The van der Waals surface area contributed by atoms with Crippen LogP contribution >= 0.6 is 11.8 Å². The van der Waals surface area contributed by atoms with Crippen molar-refractivity contribution in [3.8, 4) is 0 Å². The summed E-state index contributed by atoms with van der Waals surface area (Å²) in [6.07, 6.45) is 6.48. The molecule has 1 N–H and O–H groups in total. The molecule has 0 bridgehead atoms. The topological polar surface area (TPSA) is 32.3 Å². The summed E-state index contributed by atoms with van der Waals surface area (Å²) in [6.45, 7) is 8.56. The van der Waals surface area contributed by atoms with Gasteiger partial charge in [-0.15, -0.1) is 11.8 Å². The first-order chi connectivity index (χ1) is 11.1. The zero-order chi connectivity index (χ0) is 16.5. The number of carbonyl (C=O) groups is 1. The molecular weight excluding hydrogens is 304 g/mol. The zero-order valence-corrected chi connectivity index (χ0v) is 15.4. The Kier molecular flexibility index (Phi) is 7.96. The van der Waals surface area contributed by atoms with Crippen LogP contribution < -0.4 is 5.32 Å². The van der Waals surface area contributed by atoms with E-state index in [2.05, 4.69) is 42.3 Å². The van der Waals surface area contributed by atoms with Crippen molar-refractivity contribution in [2.75, 3.05) is 31.9 Å². The van der Waals surface area contributed by atoms with Crippen LogP contribution in [-0.4, -0.2) is 42.7 Å². The molecule has 1 heterocycles. The Bertz CT molecular complexity index is 496. The molecule has 0 aliphatic carbocycles. The lowest BCUT2D eigenvalue weighted by molar-refractivity contribution is -0.118. The quantitative estimate of drug-likeness (QED) is 0.608. The van der Waals surface area contributed by atoms with Crippen LogP contribution in [0.25, 0.3) is 0 Å². The van der Waals surface area contributed by atoms with Gasteiger partial charge in [0.2, 0.25) is 5.91 Å². The Morgan fingerprint density at radius 1 is 1.17 bits per heavy atom. The minimum absolute atomic E-state index is 0.145. The van der Waals surface area contributed by atoms with E-state index in [0.717, 1.165) is 19.5 Å². The summed E-state index contributed by atoms with van der Waals surface area (Å²) >= 11 is 1.64. The van der Waals surface area contributed by atoms with E-state index >= 15 is 0 Å². The van der Waals surface area contributed by atoms with E-state index in [1.54, 1.807) is 11.8 Å². The summed E-state index contributed by atoms with van der Waals surface area (Å²) in [5.74, 6) is 0.653. The van der Waals surface area contributed by atoms with Gasteiger partial charge in [0.1, 0.15) is 0 Å². The monoisotopic (exact) mass is 334 g/mol. The number of thioether (sulfide) groups is 1. The smallest absolute Gasteiger partial charge is 0.230 e. The van der Waals surface area contributed by atoms with E-state index in [9.17, 15) is 4.79 Å². The van der Waals surface area contributed by atoms with E-state index in [4.69, 9.17) is 0 Å². The van der Waals surface area contributed by atoms with Crippen molar-refractivity contribution in [1.82, 2.24) is 10.2 Å². The van der Waals surface area contributed by atoms with Crippen molar-refractivity contribution in [3.63, 3.8) is 0 Å². The molecule has 0 saturated carbocycles. The molecule has 0 radical (unpaired) electrons. The highest BCUT2D eigenvalue weighted by atomic mass is 32.2. The zero-order valence-electron chi connectivity index (χ0n) is 14.6. The number of nitrogens with zero attached hydrogens (tertiary/aromatic N) is 1. The van der Waals surface area contributed by atoms with Gasteiger partial charge in [-0.3, -0.25) is 4.79 Å². The van der Waals surface area contributed by atoms with E-state index in [-0.39, 0.29) is 5.91 Å². The SMILES string of the molecule is Cc1ccc(C)c(SCC(=O)NCCCN2CCCCCC2)c1. The first kappa shape index (κ1) is 18.3. The molecule has 0 aromatic heterocycles. The molecule has 0 spiro atoms. The summed E-state index contributed by atoms with van der Waals surface area (Å²) in [4.78, 5) is 15.7. The number of rotatable bonds is 7. The number of aryl methyl sites for hydroxylation is 2. The van der Waals surface area contributed by atoms with Crippen molar-refractivity contribution >= 4 is 17.7 Å². The molecule has 3 nitrogen and oxygen atoms in total. The van der Waals surface area contributed by atoms with Gasteiger partial charge in [-0.1, -0.05) is 30.5 Å². The van der Waals surface area contributed by atoms with Crippen molar-refractivity contribution in [2.24, 2.45) is 0 Å². The predicted octanol–water partition coefficient (Wildman–Crippen LogP) is 3.78. The second-order valence-corrected chi connectivity index (χ2v) is 7.53. The van der Waals surface area contributed by atoms with Crippen LogP contribution in [0.1, 0.15) is 43.2 Å². The van der Waals surface area contributed by atoms with Gasteiger partial charge < -0.3 is 10.2 Å². The Morgan fingerprint density at radius 2 is 1.91 bits per heavy atom. The molecule has 4 heteroatoms. The van der Waals surface area contributed by atoms with E-state index in [1.165, 1.54) is 54.8 Å². The highest BCUT2D eigenvalue weighted by molar-refractivity contribution is 8.00. The van der Waals surface area contributed by atoms with E-state index in [1.807, 2.05) is 0 Å². The lowest BCUT2D eigenvalue weighted by Gasteiger charge is -2.19. The van der Waals surface area contributed by atoms with Gasteiger partial charge in [0.25, 0.3) is 0 Å². The molecule has 0 unspecified atom stereocenters. The highest BCUT2D eigenvalue weighted by Gasteiger charge is 2.09. The maximum absolute atomic E-state index is 12.0. The molecule has 128 valence electrons. The molecule has 1 aromatic carbocycles. The largest absolute Gasteiger partial charge is 0.355 e. The molecule has 1 saturated heterocycles. The summed E-state index contributed by atoms with van der Waals surface area (Å²) in [6, 6.07) is 6.39. The van der Waals surface area contributed by atoms with Crippen LogP contribution in [0.4, 0.5) is 0 Å². The van der Waals surface area contributed by atoms with Crippen molar-refractivity contribution in [3.05, 3.63) is 29.3 Å². The minimum atomic E-state index is 0.145. The maximum atomic E-state index is 12.0. The molecule has 1 aromatic rings. The number of benzene rings is 1. The van der Waals surface area contributed by atoms with Crippen molar-refractivity contribution in [1.29, 1.82) is 0 Å². The van der Waals surface area contributed by atoms with Gasteiger partial charge in [0, 0.05) is 11.4 Å². The van der Waals surface area contributed by atoms with Gasteiger partial charge in [0.15, 0.2) is 0 Å². The third-order valence-electron chi connectivity index (χ3n) is 4.37. The second kappa shape index (κ2) is 9.99. The van der Waals surface area contributed by atoms with Crippen LogP contribution in [0.5, 0.6) is 0 Å². The van der Waals surface area contributed by atoms with Crippen LogP contribution in [0.3, 0.4) is 0 Å². The number of carbonyl (C=O) groups excluding carboxylic acids is 1. The van der Waals surface area contributed by atoms with Gasteiger partial charge in [-0.2, -0.15) is 0 Å². The fourth-order valence-corrected chi connectivity index (χ4v) is 3.90. The lowest BCUT2D eigenvalue weighted by atomic mass is 10.2. The number of likely N-dealkylation sites (tertiary alicyclic amines) is 1. The average Bonchev–Trinajstić information content (AvgIpc) is 2.81. The Morgan fingerprint density at radius 3 is 2.65 bits per heavy atom. The molecular formula is C19H30N2OS. The molecule has 23 heavy (non-hydrogen) atoms. The summed E-state index contributed by atoms with van der Waals surface area (Å²) in [5, 5.41) is 3.06. The van der Waals surface area contributed by atoms with E-state index in [0.29, 0.717) is 5.75 Å². The normalized spacial score (nSPS) is 16.1. The lowest BCUT2D eigenvalue weighted by Crippen LogP contribution is -2.31. The van der Waals surface area contributed by atoms with Gasteiger partial charge in [-0.05, 0) is 64.4 Å². The molecule has 1 amide bonds. The standard InChI is InChI=1S/C19H30N2OS/c1-16-8-9-17(2)18(14-16)23-15-19(22)20-10-7-13-21-11-5-3-4-6-12-21/h8-9,14H,3-7,10-13,15H2,1-2H3,(H,20,22). The number of amides is 1. The van der Waals surface area contributed by atoms with Crippen LogP contribution in [0, 0.1) is 13.8 Å². The molecule has 2 rings (SSSR count). The van der Waals surface area contributed by atoms with E-state index < -0.39 is 0 Å². The van der Waals surface area contributed by atoms with Gasteiger partial charge in [0.05, 0.1) is 5.75 Å². The van der Waals surface area contributed by atoms with Gasteiger partial charge >= 0.3 is 0 Å². The molecule has 0 atom stereocenters. The number of nitrogens with one attached hydrogen (secondary N) is 1. The Balaban J connectivity index is 1.60. The fourth-order valence-electron chi connectivity index (χ4n) is 2.95. The maximum Gasteiger partial charge on any atom is 0.230 e. The van der Waals surface area contributed by atoms with Gasteiger partial charge in [-0.25, -0.2) is 0 Å². The van der Waals surface area contributed by atoms with Crippen molar-refractivity contribution < 1.29 is 4.79 Å². The molecule has 1 aliphatic rings. The van der Waals surface area contributed by atoms with Crippen LogP contribution in [-0.2, 0) is 4.79 Å².